The third-order valence-corrected chi connectivity index (χ3v) is 4.83. The largest absolute Gasteiger partial charge is 0.444 e. The van der Waals surface area contributed by atoms with Gasteiger partial charge in [-0.2, -0.15) is 0 Å². The van der Waals surface area contributed by atoms with Crippen molar-refractivity contribution in [2.45, 2.75) is 59.0 Å². The Morgan fingerprint density at radius 1 is 1.29 bits per heavy atom. The van der Waals surface area contributed by atoms with E-state index in [1.165, 1.54) is 11.3 Å². The number of alkyl carbamates (subject to hydrolysis) is 1. The smallest absolute Gasteiger partial charge is 0.407 e. The van der Waals surface area contributed by atoms with Gasteiger partial charge in [-0.3, -0.25) is 4.79 Å². The normalized spacial score (nSPS) is 21.2. The molecule has 6 nitrogen and oxygen atoms in total. The second-order valence-corrected chi connectivity index (χ2v) is 8.60. The van der Waals surface area contributed by atoms with Crippen LogP contribution in [0.4, 0.5) is 9.93 Å². The molecule has 1 saturated carbocycles. The number of carbonyl (C=O) groups is 2. The topological polar surface area (TPSA) is 80.3 Å². The highest BCUT2D eigenvalue weighted by Gasteiger charge is 2.27. The van der Waals surface area contributed by atoms with Crippen molar-refractivity contribution in [2.24, 2.45) is 11.8 Å². The van der Waals surface area contributed by atoms with Gasteiger partial charge < -0.3 is 15.4 Å². The summed E-state index contributed by atoms with van der Waals surface area (Å²) in [6, 6.07) is 0. The molecule has 0 atom stereocenters. The fourth-order valence-electron chi connectivity index (χ4n) is 2.79. The lowest BCUT2D eigenvalue weighted by Gasteiger charge is -2.28. The molecular formula is C17H27N3O3S. The van der Waals surface area contributed by atoms with Crippen LogP contribution in [0.25, 0.3) is 0 Å². The lowest BCUT2D eigenvalue weighted by atomic mass is 9.81. The first-order chi connectivity index (χ1) is 11.2. The van der Waals surface area contributed by atoms with Crippen molar-refractivity contribution in [1.82, 2.24) is 10.3 Å². The molecule has 0 spiro atoms. The summed E-state index contributed by atoms with van der Waals surface area (Å²) in [6.45, 7) is 8.12. The number of ether oxygens (including phenoxy) is 1. The lowest BCUT2D eigenvalue weighted by molar-refractivity contribution is -0.121. The van der Waals surface area contributed by atoms with E-state index in [-0.39, 0.29) is 17.9 Å². The van der Waals surface area contributed by atoms with Crippen LogP contribution in [0.2, 0.25) is 0 Å². The minimum atomic E-state index is -0.478. The molecule has 1 aliphatic carbocycles. The van der Waals surface area contributed by atoms with Crippen molar-refractivity contribution in [3.05, 3.63) is 11.1 Å². The number of thiazole rings is 1. The molecule has 1 aliphatic rings. The van der Waals surface area contributed by atoms with Crippen LogP contribution < -0.4 is 10.6 Å². The standard InChI is InChI=1S/C17H27N3O3S/c1-11-9-18-15(24-11)20-14(21)13-7-5-12(6-8-13)10-19-16(22)23-17(2,3)4/h9,12-13H,5-8,10H2,1-4H3,(H,19,22)(H,18,20,21). The van der Waals surface area contributed by atoms with Gasteiger partial charge in [-0.05, 0) is 59.3 Å². The molecule has 0 radical (unpaired) electrons. The van der Waals surface area contributed by atoms with Crippen LogP contribution in [-0.4, -0.2) is 29.1 Å². The molecule has 1 heterocycles. The number of nitrogens with one attached hydrogen (secondary N) is 2. The number of anilines is 1. The van der Waals surface area contributed by atoms with E-state index in [1.54, 1.807) is 6.20 Å². The molecule has 0 saturated heterocycles. The zero-order valence-corrected chi connectivity index (χ0v) is 15.7. The van der Waals surface area contributed by atoms with Crippen molar-refractivity contribution < 1.29 is 14.3 Å². The first kappa shape index (κ1) is 18.7. The maximum Gasteiger partial charge on any atom is 0.407 e. The summed E-state index contributed by atoms with van der Waals surface area (Å²) in [6.07, 6.45) is 4.95. The monoisotopic (exact) mass is 353 g/mol. The maximum absolute atomic E-state index is 12.3. The highest BCUT2D eigenvalue weighted by molar-refractivity contribution is 7.15. The Kier molecular flexibility index (Phi) is 6.21. The van der Waals surface area contributed by atoms with Gasteiger partial charge in [-0.1, -0.05) is 0 Å². The second-order valence-electron chi connectivity index (χ2n) is 7.37. The molecule has 7 heteroatoms. The van der Waals surface area contributed by atoms with Gasteiger partial charge in [0.05, 0.1) is 0 Å². The molecule has 0 aromatic carbocycles. The van der Waals surface area contributed by atoms with Crippen molar-refractivity contribution in [2.75, 3.05) is 11.9 Å². The minimum Gasteiger partial charge on any atom is -0.444 e. The van der Waals surface area contributed by atoms with Gasteiger partial charge >= 0.3 is 6.09 Å². The Bertz CT molecular complexity index is 572. The highest BCUT2D eigenvalue weighted by Crippen LogP contribution is 2.30. The number of aryl methyl sites for hydroxylation is 1. The average molecular weight is 353 g/mol. The third-order valence-electron chi connectivity index (χ3n) is 4.00. The molecule has 2 rings (SSSR count). The minimum absolute atomic E-state index is 0.0342. The van der Waals surface area contributed by atoms with Crippen LogP contribution in [0.3, 0.4) is 0 Å². The second kappa shape index (κ2) is 7.96. The van der Waals surface area contributed by atoms with Gasteiger partial charge in [-0.15, -0.1) is 11.3 Å². The van der Waals surface area contributed by atoms with Gasteiger partial charge in [0.2, 0.25) is 5.91 Å². The Morgan fingerprint density at radius 2 is 1.96 bits per heavy atom. The molecule has 2 N–H and O–H groups in total. The van der Waals surface area contributed by atoms with Crippen LogP contribution in [-0.2, 0) is 9.53 Å². The SMILES string of the molecule is Cc1cnc(NC(=O)C2CCC(CNC(=O)OC(C)(C)C)CC2)s1. The van der Waals surface area contributed by atoms with Crippen molar-refractivity contribution in [1.29, 1.82) is 0 Å². The molecule has 0 unspecified atom stereocenters. The molecule has 24 heavy (non-hydrogen) atoms. The number of rotatable bonds is 4. The van der Waals surface area contributed by atoms with Crippen LogP contribution in [0.5, 0.6) is 0 Å². The van der Waals surface area contributed by atoms with E-state index in [0.717, 1.165) is 30.6 Å². The molecule has 0 aliphatic heterocycles. The highest BCUT2D eigenvalue weighted by atomic mass is 32.1. The van der Waals surface area contributed by atoms with Crippen LogP contribution in [0.15, 0.2) is 6.20 Å². The van der Waals surface area contributed by atoms with E-state index in [0.29, 0.717) is 17.6 Å². The summed E-state index contributed by atoms with van der Waals surface area (Å²) in [5.74, 6) is 0.499. The number of amides is 2. The zero-order chi connectivity index (χ0) is 17.7. The Labute approximate surface area is 147 Å². The van der Waals surface area contributed by atoms with E-state index in [1.807, 2.05) is 27.7 Å². The summed E-state index contributed by atoms with van der Waals surface area (Å²) in [5.41, 5.74) is -0.478. The maximum atomic E-state index is 12.3. The predicted octanol–water partition coefficient (Wildman–Crippen LogP) is 3.72. The zero-order valence-electron chi connectivity index (χ0n) is 14.8. The van der Waals surface area contributed by atoms with E-state index < -0.39 is 5.60 Å². The van der Waals surface area contributed by atoms with Gasteiger partial charge in [0.15, 0.2) is 5.13 Å². The molecule has 134 valence electrons. The Balaban J connectivity index is 1.69. The summed E-state index contributed by atoms with van der Waals surface area (Å²) >= 11 is 1.49. The van der Waals surface area contributed by atoms with Gasteiger partial charge in [0, 0.05) is 23.5 Å². The summed E-state index contributed by atoms with van der Waals surface area (Å²) in [5, 5.41) is 6.40. The average Bonchev–Trinajstić information content (AvgIpc) is 2.89. The molecule has 1 fully saturated rings. The fourth-order valence-corrected chi connectivity index (χ4v) is 3.46. The van der Waals surface area contributed by atoms with E-state index in [9.17, 15) is 9.59 Å². The van der Waals surface area contributed by atoms with Crippen LogP contribution in [0, 0.1) is 18.8 Å². The molecule has 1 aromatic heterocycles. The van der Waals surface area contributed by atoms with Crippen LogP contribution in [0.1, 0.15) is 51.3 Å². The molecule has 2 amide bonds. The summed E-state index contributed by atoms with van der Waals surface area (Å²) in [4.78, 5) is 29.2. The number of hydrogen-bond acceptors (Lipinski definition) is 5. The number of aromatic nitrogens is 1. The van der Waals surface area contributed by atoms with Gasteiger partial charge in [0.25, 0.3) is 0 Å². The van der Waals surface area contributed by atoms with Gasteiger partial charge in [0.1, 0.15) is 5.60 Å². The lowest BCUT2D eigenvalue weighted by Crippen LogP contribution is -2.37. The number of nitrogens with zero attached hydrogens (tertiary/aromatic N) is 1. The van der Waals surface area contributed by atoms with Crippen molar-refractivity contribution >= 4 is 28.5 Å². The number of carbonyl (C=O) groups excluding carboxylic acids is 2. The third kappa shape index (κ3) is 6.11. The quantitative estimate of drug-likeness (QED) is 0.864. The van der Waals surface area contributed by atoms with E-state index >= 15 is 0 Å². The summed E-state index contributed by atoms with van der Waals surface area (Å²) < 4.78 is 5.24. The van der Waals surface area contributed by atoms with Crippen LogP contribution >= 0.6 is 11.3 Å². The summed E-state index contributed by atoms with van der Waals surface area (Å²) in [7, 11) is 0. The molecule has 0 bridgehead atoms. The first-order valence-electron chi connectivity index (χ1n) is 8.43. The van der Waals surface area contributed by atoms with Gasteiger partial charge in [-0.25, -0.2) is 9.78 Å². The molecule has 1 aromatic rings. The van der Waals surface area contributed by atoms with Crippen molar-refractivity contribution in [3.8, 4) is 0 Å². The predicted molar refractivity (Wildman–Crippen MR) is 95.2 cm³/mol. The Morgan fingerprint density at radius 3 is 2.50 bits per heavy atom. The Hall–Kier alpha value is -1.63. The van der Waals surface area contributed by atoms with E-state index in [2.05, 4.69) is 15.6 Å². The number of hydrogen-bond donors (Lipinski definition) is 2. The fraction of sp³-hybridized carbons (Fsp3) is 0.706. The molecular weight excluding hydrogens is 326 g/mol. The van der Waals surface area contributed by atoms with E-state index in [4.69, 9.17) is 4.74 Å². The van der Waals surface area contributed by atoms with Crippen molar-refractivity contribution in [3.63, 3.8) is 0 Å². The first-order valence-corrected chi connectivity index (χ1v) is 9.25.